The van der Waals surface area contributed by atoms with E-state index >= 15 is 0 Å². The third kappa shape index (κ3) is 5.09. The number of aromatic nitrogens is 4. The lowest BCUT2D eigenvalue weighted by Crippen LogP contribution is -2.23. The number of hydrogen-bond acceptors (Lipinski definition) is 5. The number of carbonyl (C=O) groups is 1. The summed E-state index contributed by atoms with van der Waals surface area (Å²) in [5.41, 5.74) is 0. The number of amides is 1. The number of hydrogen-bond donors (Lipinski definition) is 2. The molecule has 7 heteroatoms. The van der Waals surface area contributed by atoms with Crippen LogP contribution in [0.3, 0.4) is 0 Å². The number of tetrazole rings is 1. The first kappa shape index (κ1) is 13.5. The van der Waals surface area contributed by atoms with Crippen molar-refractivity contribution >= 4 is 17.7 Å². The average Bonchev–Trinajstić information content (AvgIpc) is 2.96. The fraction of sp³-hybridized carbons (Fsp3) is 0.333. The second-order valence-corrected chi connectivity index (χ2v) is 5.04. The molecular weight excluding hydrogens is 262 g/mol. The van der Waals surface area contributed by atoms with E-state index in [-0.39, 0.29) is 5.91 Å². The van der Waals surface area contributed by atoms with Crippen molar-refractivity contribution < 1.29 is 4.79 Å². The second-order valence-electron chi connectivity index (χ2n) is 3.87. The van der Waals surface area contributed by atoms with E-state index in [4.69, 9.17) is 0 Å². The normalized spacial score (nSPS) is 10.3. The molecule has 0 atom stereocenters. The van der Waals surface area contributed by atoms with Crippen LogP contribution in [0, 0.1) is 0 Å². The Morgan fingerprint density at radius 1 is 1.32 bits per heavy atom. The number of aromatic amines is 1. The minimum absolute atomic E-state index is 0.0125. The Bertz CT molecular complexity index is 488. The van der Waals surface area contributed by atoms with Gasteiger partial charge in [-0.3, -0.25) is 4.79 Å². The molecule has 0 spiro atoms. The van der Waals surface area contributed by atoms with E-state index in [9.17, 15) is 4.79 Å². The maximum absolute atomic E-state index is 11.5. The molecule has 1 aromatic carbocycles. The third-order valence-electron chi connectivity index (χ3n) is 2.39. The Balaban J connectivity index is 1.57. The molecule has 2 rings (SSSR count). The van der Waals surface area contributed by atoms with Crippen LogP contribution in [0.15, 0.2) is 35.2 Å². The lowest BCUT2D eigenvalue weighted by Gasteiger charge is -2.03. The molecule has 1 amide bonds. The fourth-order valence-corrected chi connectivity index (χ4v) is 2.34. The van der Waals surface area contributed by atoms with Crippen LogP contribution in [-0.2, 0) is 11.3 Å². The molecule has 0 aliphatic carbocycles. The van der Waals surface area contributed by atoms with Gasteiger partial charge in [0.2, 0.25) is 5.91 Å². The standard InChI is InChI=1S/C12H15N5OS/c18-12(13-9-11-14-16-17-15-11)7-4-8-19-10-5-2-1-3-6-10/h1-3,5-6H,4,7-9H2,(H,13,18)(H,14,15,16,17). The van der Waals surface area contributed by atoms with Gasteiger partial charge in [0.25, 0.3) is 0 Å². The highest BCUT2D eigenvalue weighted by Crippen LogP contribution is 2.18. The van der Waals surface area contributed by atoms with Gasteiger partial charge in [-0.1, -0.05) is 23.4 Å². The quantitative estimate of drug-likeness (QED) is 0.590. The van der Waals surface area contributed by atoms with E-state index in [1.807, 2.05) is 18.2 Å². The number of rotatable bonds is 7. The van der Waals surface area contributed by atoms with Crippen molar-refractivity contribution in [2.45, 2.75) is 24.3 Å². The number of carbonyl (C=O) groups excluding carboxylic acids is 1. The Labute approximate surface area is 115 Å². The first-order valence-electron chi connectivity index (χ1n) is 6.01. The molecule has 2 N–H and O–H groups in total. The molecule has 0 aliphatic heterocycles. The van der Waals surface area contributed by atoms with Crippen LogP contribution in [0.25, 0.3) is 0 Å². The fourth-order valence-electron chi connectivity index (χ4n) is 1.46. The monoisotopic (exact) mass is 277 g/mol. The summed E-state index contributed by atoms with van der Waals surface area (Å²) >= 11 is 1.76. The van der Waals surface area contributed by atoms with E-state index in [1.165, 1.54) is 4.90 Å². The van der Waals surface area contributed by atoms with Gasteiger partial charge in [-0.15, -0.1) is 22.0 Å². The predicted octanol–water partition coefficient (Wildman–Crippen LogP) is 1.39. The Kier molecular flexibility index (Phi) is 5.36. The van der Waals surface area contributed by atoms with Crippen molar-refractivity contribution in [3.63, 3.8) is 0 Å². The number of thioether (sulfide) groups is 1. The summed E-state index contributed by atoms with van der Waals surface area (Å²) in [4.78, 5) is 12.8. The van der Waals surface area contributed by atoms with Gasteiger partial charge in [0.05, 0.1) is 6.54 Å². The lowest BCUT2D eigenvalue weighted by molar-refractivity contribution is -0.121. The van der Waals surface area contributed by atoms with Gasteiger partial charge in [0.1, 0.15) is 0 Å². The number of nitrogens with zero attached hydrogens (tertiary/aromatic N) is 3. The van der Waals surface area contributed by atoms with Crippen molar-refractivity contribution in [1.82, 2.24) is 25.9 Å². The van der Waals surface area contributed by atoms with Gasteiger partial charge < -0.3 is 5.32 Å². The summed E-state index contributed by atoms with van der Waals surface area (Å²) in [6.07, 6.45) is 1.36. The molecule has 6 nitrogen and oxygen atoms in total. The van der Waals surface area contributed by atoms with Crippen LogP contribution in [-0.4, -0.2) is 32.3 Å². The van der Waals surface area contributed by atoms with E-state index in [0.717, 1.165) is 12.2 Å². The van der Waals surface area contributed by atoms with Gasteiger partial charge in [-0.2, -0.15) is 5.21 Å². The molecule has 1 heterocycles. The minimum atomic E-state index is 0.0125. The number of nitrogens with one attached hydrogen (secondary N) is 2. The van der Waals surface area contributed by atoms with Gasteiger partial charge in [0, 0.05) is 11.3 Å². The third-order valence-corrected chi connectivity index (χ3v) is 3.49. The van der Waals surface area contributed by atoms with Gasteiger partial charge >= 0.3 is 0 Å². The summed E-state index contributed by atoms with van der Waals surface area (Å²) in [7, 11) is 0. The van der Waals surface area contributed by atoms with Crippen LogP contribution in [0.5, 0.6) is 0 Å². The zero-order valence-corrected chi connectivity index (χ0v) is 11.2. The van der Waals surface area contributed by atoms with Crippen molar-refractivity contribution in [2.75, 3.05) is 5.75 Å². The SMILES string of the molecule is O=C(CCCSc1ccccc1)NCc1nn[nH]n1. The van der Waals surface area contributed by atoms with Crippen LogP contribution < -0.4 is 5.32 Å². The van der Waals surface area contributed by atoms with E-state index in [0.29, 0.717) is 18.8 Å². The summed E-state index contributed by atoms with van der Waals surface area (Å²) in [6.45, 7) is 0.321. The summed E-state index contributed by atoms with van der Waals surface area (Å²) in [6, 6.07) is 10.2. The Morgan fingerprint density at radius 2 is 2.16 bits per heavy atom. The second kappa shape index (κ2) is 7.52. The number of H-pyrrole nitrogens is 1. The van der Waals surface area contributed by atoms with Crippen molar-refractivity contribution in [3.8, 4) is 0 Å². The first-order valence-corrected chi connectivity index (χ1v) is 7.00. The summed E-state index contributed by atoms with van der Waals surface area (Å²) in [5.74, 6) is 1.44. The maximum atomic E-state index is 11.5. The molecule has 0 aliphatic rings. The summed E-state index contributed by atoms with van der Waals surface area (Å²) in [5, 5.41) is 16.0. The highest BCUT2D eigenvalue weighted by molar-refractivity contribution is 7.99. The Morgan fingerprint density at radius 3 is 2.89 bits per heavy atom. The van der Waals surface area contributed by atoms with E-state index in [2.05, 4.69) is 38.1 Å². The first-order chi connectivity index (χ1) is 9.34. The minimum Gasteiger partial charge on any atom is -0.349 e. The highest BCUT2D eigenvalue weighted by Gasteiger charge is 2.03. The number of benzene rings is 1. The van der Waals surface area contributed by atoms with E-state index < -0.39 is 0 Å². The Hall–Kier alpha value is -1.89. The molecule has 19 heavy (non-hydrogen) atoms. The van der Waals surface area contributed by atoms with Gasteiger partial charge in [-0.25, -0.2) is 0 Å². The van der Waals surface area contributed by atoms with Crippen LogP contribution >= 0.6 is 11.8 Å². The molecule has 2 aromatic rings. The molecule has 0 unspecified atom stereocenters. The van der Waals surface area contributed by atoms with Gasteiger partial charge in [-0.05, 0) is 24.3 Å². The molecule has 0 bridgehead atoms. The maximum Gasteiger partial charge on any atom is 0.220 e. The molecular formula is C12H15N5OS. The smallest absolute Gasteiger partial charge is 0.220 e. The molecule has 0 saturated heterocycles. The van der Waals surface area contributed by atoms with Gasteiger partial charge in [0.15, 0.2) is 5.82 Å². The zero-order valence-electron chi connectivity index (χ0n) is 10.4. The van der Waals surface area contributed by atoms with E-state index in [1.54, 1.807) is 11.8 Å². The highest BCUT2D eigenvalue weighted by atomic mass is 32.2. The van der Waals surface area contributed by atoms with Crippen molar-refractivity contribution in [2.24, 2.45) is 0 Å². The molecule has 0 radical (unpaired) electrons. The topological polar surface area (TPSA) is 83.6 Å². The van der Waals surface area contributed by atoms with Crippen molar-refractivity contribution in [1.29, 1.82) is 0 Å². The molecule has 1 aromatic heterocycles. The molecule has 0 saturated carbocycles. The van der Waals surface area contributed by atoms with Crippen LogP contribution in [0.4, 0.5) is 0 Å². The molecule has 100 valence electrons. The lowest BCUT2D eigenvalue weighted by atomic mass is 10.3. The van der Waals surface area contributed by atoms with Crippen LogP contribution in [0.1, 0.15) is 18.7 Å². The molecule has 0 fully saturated rings. The van der Waals surface area contributed by atoms with Crippen molar-refractivity contribution in [3.05, 3.63) is 36.2 Å². The van der Waals surface area contributed by atoms with Crippen LogP contribution in [0.2, 0.25) is 0 Å². The largest absolute Gasteiger partial charge is 0.349 e. The zero-order chi connectivity index (χ0) is 13.3. The predicted molar refractivity (Wildman–Crippen MR) is 72.4 cm³/mol. The average molecular weight is 277 g/mol. The summed E-state index contributed by atoms with van der Waals surface area (Å²) < 4.78 is 0.